The maximum absolute atomic E-state index is 13.6. The molecule has 1 fully saturated rings. The van der Waals surface area contributed by atoms with Crippen molar-refractivity contribution in [1.29, 1.82) is 0 Å². The second-order valence-electron chi connectivity index (χ2n) is 8.49. The fourth-order valence-corrected chi connectivity index (χ4v) is 5.70. The quantitative estimate of drug-likeness (QED) is 0.288. The highest BCUT2D eigenvalue weighted by atomic mass is 32.2. The van der Waals surface area contributed by atoms with Crippen molar-refractivity contribution in [3.8, 4) is 17.2 Å². The van der Waals surface area contributed by atoms with E-state index < -0.39 is 12.0 Å². The smallest absolute Gasteiger partial charge is 0.328 e. The van der Waals surface area contributed by atoms with Crippen LogP contribution < -0.4 is 14.2 Å². The van der Waals surface area contributed by atoms with E-state index in [0.29, 0.717) is 35.8 Å². The van der Waals surface area contributed by atoms with Crippen molar-refractivity contribution in [2.24, 2.45) is 0 Å². The zero-order valence-electron chi connectivity index (χ0n) is 21.0. The van der Waals surface area contributed by atoms with Gasteiger partial charge in [0, 0.05) is 29.2 Å². The monoisotopic (exact) mass is 509 g/mol. The molecule has 3 aromatic carbocycles. The SMILES string of the molecule is COC(=O)[C@@H]1CCC(c2c(OC)cc(OC)cc2OC)N1C(=O)CCSc1ccc2ccccc2c1. The van der Waals surface area contributed by atoms with Crippen molar-refractivity contribution in [1.82, 2.24) is 4.90 Å². The summed E-state index contributed by atoms with van der Waals surface area (Å²) >= 11 is 1.63. The van der Waals surface area contributed by atoms with Gasteiger partial charge in [-0.1, -0.05) is 30.3 Å². The fourth-order valence-electron chi connectivity index (χ4n) is 4.81. The van der Waals surface area contributed by atoms with Crippen LogP contribution in [0.3, 0.4) is 0 Å². The van der Waals surface area contributed by atoms with E-state index in [2.05, 4.69) is 30.3 Å². The lowest BCUT2D eigenvalue weighted by molar-refractivity contribution is -0.152. The minimum atomic E-state index is -0.658. The molecular weight excluding hydrogens is 478 g/mol. The van der Waals surface area contributed by atoms with Gasteiger partial charge in [-0.2, -0.15) is 0 Å². The molecule has 36 heavy (non-hydrogen) atoms. The number of thioether (sulfide) groups is 1. The van der Waals surface area contributed by atoms with E-state index in [1.54, 1.807) is 50.1 Å². The molecule has 0 saturated carbocycles. The summed E-state index contributed by atoms with van der Waals surface area (Å²) in [5.41, 5.74) is 0.725. The van der Waals surface area contributed by atoms with Gasteiger partial charge < -0.3 is 23.8 Å². The minimum absolute atomic E-state index is 0.110. The molecule has 0 spiro atoms. The van der Waals surface area contributed by atoms with Crippen LogP contribution in [-0.2, 0) is 14.3 Å². The molecule has 7 nitrogen and oxygen atoms in total. The Kier molecular flexibility index (Phi) is 8.25. The molecule has 1 amide bonds. The average Bonchev–Trinajstić information content (AvgIpc) is 3.36. The van der Waals surface area contributed by atoms with Gasteiger partial charge in [-0.15, -0.1) is 11.8 Å². The average molecular weight is 510 g/mol. The van der Waals surface area contributed by atoms with Gasteiger partial charge in [-0.3, -0.25) is 4.79 Å². The molecule has 0 bridgehead atoms. The number of carbonyl (C=O) groups is 2. The van der Waals surface area contributed by atoms with Crippen molar-refractivity contribution < 1.29 is 28.5 Å². The first-order valence-electron chi connectivity index (χ1n) is 11.8. The Morgan fingerprint density at radius 1 is 0.889 bits per heavy atom. The predicted molar refractivity (Wildman–Crippen MR) is 140 cm³/mol. The van der Waals surface area contributed by atoms with E-state index in [9.17, 15) is 9.59 Å². The number of fused-ring (bicyclic) bond motifs is 1. The molecule has 1 aliphatic rings. The summed E-state index contributed by atoms with van der Waals surface area (Å²) in [6.07, 6.45) is 1.36. The molecule has 1 aliphatic heterocycles. The Labute approximate surface area is 215 Å². The first-order chi connectivity index (χ1) is 17.5. The van der Waals surface area contributed by atoms with Crippen LogP contribution in [0.15, 0.2) is 59.5 Å². The number of rotatable bonds is 9. The lowest BCUT2D eigenvalue weighted by Crippen LogP contribution is -2.42. The molecule has 3 aromatic rings. The molecule has 190 valence electrons. The second kappa shape index (κ2) is 11.6. The number of ether oxygens (including phenoxy) is 4. The van der Waals surface area contributed by atoms with E-state index in [1.165, 1.54) is 12.5 Å². The third-order valence-corrected chi connectivity index (χ3v) is 7.53. The van der Waals surface area contributed by atoms with E-state index >= 15 is 0 Å². The van der Waals surface area contributed by atoms with Gasteiger partial charge in [-0.05, 0) is 35.7 Å². The number of carbonyl (C=O) groups excluding carboxylic acids is 2. The van der Waals surface area contributed by atoms with E-state index in [1.807, 2.05) is 12.1 Å². The molecule has 1 saturated heterocycles. The predicted octanol–water partition coefficient (Wildman–Crippen LogP) is 5.25. The number of hydrogen-bond donors (Lipinski definition) is 0. The van der Waals surface area contributed by atoms with Gasteiger partial charge in [0.25, 0.3) is 0 Å². The molecule has 0 aliphatic carbocycles. The van der Waals surface area contributed by atoms with Gasteiger partial charge >= 0.3 is 5.97 Å². The van der Waals surface area contributed by atoms with Crippen LogP contribution in [0.25, 0.3) is 10.8 Å². The van der Waals surface area contributed by atoms with Gasteiger partial charge in [0.15, 0.2) is 0 Å². The second-order valence-corrected chi connectivity index (χ2v) is 9.65. The van der Waals surface area contributed by atoms with Crippen LogP contribution >= 0.6 is 11.8 Å². The summed E-state index contributed by atoms with van der Waals surface area (Å²) in [4.78, 5) is 29.0. The van der Waals surface area contributed by atoms with Gasteiger partial charge in [0.05, 0.1) is 40.0 Å². The largest absolute Gasteiger partial charge is 0.496 e. The van der Waals surface area contributed by atoms with Crippen LogP contribution in [0.2, 0.25) is 0 Å². The molecule has 1 heterocycles. The lowest BCUT2D eigenvalue weighted by atomic mass is 10.0. The van der Waals surface area contributed by atoms with E-state index in [-0.39, 0.29) is 18.4 Å². The number of amides is 1. The molecule has 2 atom stereocenters. The zero-order chi connectivity index (χ0) is 25.7. The Hall–Kier alpha value is -3.39. The van der Waals surface area contributed by atoms with Crippen molar-refractivity contribution in [2.75, 3.05) is 34.2 Å². The summed E-state index contributed by atoms with van der Waals surface area (Å²) in [5, 5.41) is 2.35. The lowest BCUT2D eigenvalue weighted by Gasteiger charge is -2.31. The van der Waals surface area contributed by atoms with Crippen molar-refractivity contribution in [2.45, 2.75) is 36.2 Å². The van der Waals surface area contributed by atoms with Gasteiger partial charge in [0.2, 0.25) is 5.91 Å². The molecule has 0 aromatic heterocycles. The van der Waals surface area contributed by atoms with Gasteiger partial charge in [0.1, 0.15) is 23.3 Å². The standard InChI is InChI=1S/C28H31NO6S/c1-32-20-16-24(33-2)27(25(17-20)34-3)22-11-12-23(28(31)35-4)29(22)26(30)13-14-36-21-10-9-18-7-5-6-8-19(18)15-21/h5-10,15-17,22-23H,11-14H2,1-4H3/t22?,23-/m0/s1. The summed E-state index contributed by atoms with van der Waals surface area (Å²) in [6, 6.07) is 17.0. The number of nitrogens with zero attached hydrogens (tertiary/aromatic N) is 1. The first kappa shape index (κ1) is 25.7. The normalized spacial score (nSPS) is 17.2. The first-order valence-corrected chi connectivity index (χ1v) is 12.8. The third kappa shape index (κ3) is 5.23. The fraction of sp³-hybridized carbons (Fsp3) is 0.357. The highest BCUT2D eigenvalue weighted by Gasteiger charge is 2.44. The Balaban J connectivity index is 1.57. The number of methoxy groups -OCH3 is 4. The molecule has 1 unspecified atom stereocenters. The summed E-state index contributed by atoms with van der Waals surface area (Å²) in [7, 11) is 6.05. The third-order valence-electron chi connectivity index (χ3n) is 6.54. The van der Waals surface area contributed by atoms with Crippen molar-refractivity contribution >= 4 is 34.4 Å². The number of benzene rings is 3. The van der Waals surface area contributed by atoms with Crippen molar-refractivity contribution in [3.63, 3.8) is 0 Å². The maximum Gasteiger partial charge on any atom is 0.328 e. The molecule has 0 N–H and O–H groups in total. The summed E-state index contributed by atoms with van der Waals surface area (Å²) in [5.74, 6) is 1.74. The summed E-state index contributed by atoms with van der Waals surface area (Å²) in [6.45, 7) is 0. The number of hydrogen-bond acceptors (Lipinski definition) is 7. The topological polar surface area (TPSA) is 74.3 Å². The Morgan fingerprint density at radius 3 is 2.22 bits per heavy atom. The minimum Gasteiger partial charge on any atom is -0.496 e. The number of likely N-dealkylation sites (tertiary alicyclic amines) is 1. The van der Waals surface area contributed by atoms with Crippen LogP contribution in [0.1, 0.15) is 30.9 Å². The Bertz CT molecular complexity index is 1220. The van der Waals surface area contributed by atoms with Crippen LogP contribution in [0, 0.1) is 0 Å². The Morgan fingerprint density at radius 2 is 1.58 bits per heavy atom. The maximum atomic E-state index is 13.6. The van der Waals surface area contributed by atoms with Crippen LogP contribution in [0.5, 0.6) is 17.2 Å². The zero-order valence-corrected chi connectivity index (χ0v) is 21.8. The highest BCUT2D eigenvalue weighted by Crippen LogP contribution is 2.47. The molecule has 4 rings (SSSR count). The van der Waals surface area contributed by atoms with E-state index in [0.717, 1.165) is 15.8 Å². The van der Waals surface area contributed by atoms with Crippen LogP contribution in [-0.4, -0.2) is 57.0 Å². The van der Waals surface area contributed by atoms with E-state index in [4.69, 9.17) is 18.9 Å². The number of esters is 1. The molecular formula is C28H31NO6S. The molecule has 0 radical (unpaired) electrons. The van der Waals surface area contributed by atoms with Crippen LogP contribution in [0.4, 0.5) is 0 Å². The van der Waals surface area contributed by atoms with Crippen molar-refractivity contribution in [3.05, 3.63) is 60.2 Å². The summed E-state index contributed by atoms with van der Waals surface area (Å²) < 4.78 is 21.7. The van der Waals surface area contributed by atoms with Gasteiger partial charge in [-0.25, -0.2) is 4.79 Å². The molecule has 8 heteroatoms. The highest BCUT2D eigenvalue weighted by molar-refractivity contribution is 7.99.